The van der Waals surface area contributed by atoms with E-state index in [9.17, 15) is 14.7 Å². The monoisotopic (exact) mass is 495 g/mol. The third kappa shape index (κ3) is 8.69. The summed E-state index contributed by atoms with van der Waals surface area (Å²) in [5.74, 6) is -0.472. The summed E-state index contributed by atoms with van der Waals surface area (Å²) in [7, 11) is 1.63. The highest BCUT2D eigenvalue weighted by atomic mass is 16.3. The molecule has 3 N–H and O–H groups in total. The molecule has 0 radical (unpaired) electrons. The van der Waals surface area contributed by atoms with E-state index in [1.54, 1.807) is 13.2 Å². The van der Waals surface area contributed by atoms with Crippen molar-refractivity contribution in [3.8, 4) is 0 Å². The smallest absolute Gasteiger partial charge is 0.239 e. The van der Waals surface area contributed by atoms with Gasteiger partial charge in [0.25, 0.3) is 0 Å². The van der Waals surface area contributed by atoms with Crippen molar-refractivity contribution >= 4 is 11.8 Å². The lowest BCUT2D eigenvalue weighted by atomic mass is 9.92. The molecule has 0 spiro atoms. The average molecular weight is 496 g/mol. The van der Waals surface area contributed by atoms with Gasteiger partial charge >= 0.3 is 0 Å². The minimum atomic E-state index is -0.731. The number of nitrogens with one attached hydrogen (secondary N) is 2. The molecule has 1 aromatic heterocycles. The normalized spacial score (nSPS) is 18.9. The van der Waals surface area contributed by atoms with Crippen LogP contribution >= 0.6 is 0 Å². The van der Waals surface area contributed by atoms with Gasteiger partial charge in [0.1, 0.15) is 6.04 Å². The highest BCUT2D eigenvalue weighted by Crippen LogP contribution is 2.19. The SMILES string of the molecule is CNC(=O)C(Cc1ccccc1)CC(O)CN1CCN(Cc2cccnc2)CC1C(=O)NC(C)(C)C. The van der Waals surface area contributed by atoms with E-state index in [1.165, 1.54) is 0 Å². The topological polar surface area (TPSA) is 97.8 Å². The molecule has 196 valence electrons. The largest absolute Gasteiger partial charge is 0.392 e. The Morgan fingerprint density at radius 1 is 1.11 bits per heavy atom. The summed E-state index contributed by atoms with van der Waals surface area (Å²) >= 11 is 0. The highest BCUT2D eigenvalue weighted by Gasteiger charge is 2.35. The molecule has 1 fully saturated rings. The Labute approximate surface area is 215 Å². The first-order valence-electron chi connectivity index (χ1n) is 12.8. The summed E-state index contributed by atoms with van der Waals surface area (Å²) in [6.45, 7) is 8.97. The van der Waals surface area contributed by atoms with E-state index < -0.39 is 12.1 Å². The minimum Gasteiger partial charge on any atom is -0.392 e. The van der Waals surface area contributed by atoms with E-state index in [1.807, 2.05) is 69.4 Å². The summed E-state index contributed by atoms with van der Waals surface area (Å²) in [5, 5.41) is 16.9. The van der Waals surface area contributed by atoms with E-state index in [-0.39, 0.29) is 23.3 Å². The van der Waals surface area contributed by atoms with Crippen molar-refractivity contribution in [3.63, 3.8) is 0 Å². The van der Waals surface area contributed by atoms with Crippen LogP contribution in [0.1, 0.15) is 38.3 Å². The van der Waals surface area contributed by atoms with Gasteiger partial charge in [-0.2, -0.15) is 0 Å². The number of aliphatic hydroxyl groups is 1. The number of carbonyl (C=O) groups excluding carboxylic acids is 2. The van der Waals surface area contributed by atoms with Gasteiger partial charge in [0.2, 0.25) is 11.8 Å². The molecule has 0 saturated carbocycles. The van der Waals surface area contributed by atoms with Gasteiger partial charge in [0.15, 0.2) is 0 Å². The molecule has 2 amide bonds. The minimum absolute atomic E-state index is 0.0438. The molecule has 1 saturated heterocycles. The fraction of sp³-hybridized carbons (Fsp3) is 0.536. The molecule has 1 aromatic carbocycles. The zero-order valence-corrected chi connectivity index (χ0v) is 22.0. The number of aromatic nitrogens is 1. The molecule has 8 nitrogen and oxygen atoms in total. The van der Waals surface area contributed by atoms with Gasteiger partial charge in [-0.15, -0.1) is 0 Å². The lowest BCUT2D eigenvalue weighted by molar-refractivity contribution is -0.132. The molecule has 3 atom stereocenters. The second kappa shape index (κ2) is 12.9. The number of rotatable bonds is 10. The summed E-state index contributed by atoms with van der Waals surface area (Å²) in [6.07, 6.45) is 3.77. The molecule has 3 unspecified atom stereocenters. The van der Waals surface area contributed by atoms with Gasteiger partial charge < -0.3 is 15.7 Å². The number of hydrogen-bond acceptors (Lipinski definition) is 6. The lowest BCUT2D eigenvalue weighted by Gasteiger charge is -2.42. The second-order valence-electron chi connectivity index (χ2n) is 10.7. The van der Waals surface area contributed by atoms with Crippen LogP contribution in [0.4, 0.5) is 0 Å². The standard InChI is InChI=1S/C28H41N5O3/c1-28(2,3)31-27(36)25-20-32(18-22-11-8-12-30-17-22)13-14-33(25)19-24(34)16-23(26(35)29-4)15-21-9-6-5-7-10-21/h5-12,17,23-25,34H,13-16,18-20H2,1-4H3,(H,29,35)(H,31,36). The quantitative estimate of drug-likeness (QED) is 0.465. The first-order chi connectivity index (χ1) is 17.1. The van der Waals surface area contributed by atoms with Crippen molar-refractivity contribution in [1.82, 2.24) is 25.4 Å². The number of pyridine rings is 1. The molecular formula is C28H41N5O3. The van der Waals surface area contributed by atoms with Gasteiger partial charge in [0, 0.05) is 63.6 Å². The van der Waals surface area contributed by atoms with Crippen molar-refractivity contribution in [3.05, 3.63) is 66.0 Å². The number of β-amino-alcohol motifs (C(OH)–C–C–N with tert-alkyl or cyclic N) is 1. The van der Waals surface area contributed by atoms with Crippen LogP contribution in [0.15, 0.2) is 54.9 Å². The number of carbonyl (C=O) groups is 2. The molecule has 8 heteroatoms. The van der Waals surface area contributed by atoms with E-state index in [2.05, 4.69) is 25.4 Å². The lowest BCUT2D eigenvalue weighted by Crippen LogP contribution is -2.61. The van der Waals surface area contributed by atoms with Gasteiger partial charge in [-0.3, -0.25) is 24.4 Å². The summed E-state index contributed by atoms with van der Waals surface area (Å²) in [6, 6.07) is 13.4. The first-order valence-corrected chi connectivity index (χ1v) is 12.8. The average Bonchev–Trinajstić information content (AvgIpc) is 2.84. The van der Waals surface area contributed by atoms with Crippen molar-refractivity contribution in [1.29, 1.82) is 0 Å². The number of piperazine rings is 1. The van der Waals surface area contributed by atoms with E-state index in [4.69, 9.17) is 0 Å². The first kappa shape index (κ1) is 27.8. The molecule has 1 aliphatic rings. The molecule has 1 aliphatic heterocycles. The van der Waals surface area contributed by atoms with Gasteiger partial charge in [-0.25, -0.2) is 0 Å². The van der Waals surface area contributed by atoms with Crippen molar-refractivity contribution in [2.45, 2.75) is 57.8 Å². The fourth-order valence-corrected chi connectivity index (χ4v) is 4.75. The Bertz CT molecular complexity index is 964. The molecule has 3 rings (SSSR count). The summed E-state index contributed by atoms with van der Waals surface area (Å²) < 4.78 is 0. The Morgan fingerprint density at radius 2 is 1.83 bits per heavy atom. The second-order valence-corrected chi connectivity index (χ2v) is 10.7. The molecule has 2 heterocycles. The van der Waals surface area contributed by atoms with Crippen LogP contribution in [-0.4, -0.2) is 82.6 Å². The zero-order valence-electron chi connectivity index (χ0n) is 22.0. The van der Waals surface area contributed by atoms with Crippen LogP contribution in [0.2, 0.25) is 0 Å². The summed E-state index contributed by atoms with van der Waals surface area (Å²) in [5.41, 5.74) is 1.81. The molecule has 2 aromatic rings. The number of nitrogens with zero attached hydrogens (tertiary/aromatic N) is 3. The molecular weight excluding hydrogens is 454 g/mol. The Morgan fingerprint density at radius 3 is 2.47 bits per heavy atom. The molecule has 0 bridgehead atoms. The third-order valence-electron chi connectivity index (χ3n) is 6.45. The maximum atomic E-state index is 13.3. The Balaban J connectivity index is 1.68. The highest BCUT2D eigenvalue weighted by molar-refractivity contribution is 5.82. The van der Waals surface area contributed by atoms with Crippen LogP contribution in [-0.2, 0) is 22.6 Å². The Kier molecular flexibility index (Phi) is 9.98. The van der Waals surface area contributed by atoms with Crippen molar-refractivity contribution < 1.29 is 14.7 Å². The van der Waals surface area contributed by atoms with Gasteiger partial charge in [-0.05, 0) is 50.8 Å². The van der Waals surface area contributed by atoms with Gasteiger partial charge in [-0.1, -0.05) is 36.4 Å². The maximum absolute atomic E-state index is 13.3. The van der Waals surface area contributed by atoms with Crippen LogP contribution in [0.3, 0.4) is 0 Å². The Hall–Kier alpha value is -2.81. The predicted molar refractivity (Wildman–Crippen MR) is 141 cm³/mol. The van der Waals surface area contributed by atoms with Crippen LogP contribution in [0.25, 0.3) is 0 Å². The predicted octanol–water partition coefficient (Wildman–Crippen LogP) is 1.84. The van der Waals surface area contributed by atoms with Gasteiger partial charge in [0.05, 0.1) is 6.10 Å². The molecule has 36 heavy (non-hydrogen) atoms. The number of amides is 2. The third-order valence-corrected chi connectivity index (χ3v) is 6.45. The number of benzene rings is 1. The van der Waals surface area contributed by atoms with E-state index in [0.29, 0.717) is 32.5 Å². The molecule has 0 aliphatic carbocycles. The van der Waals surface area contributed by atoms with Crippen LogP contribution in [0, 0.1) is 5.92 Å². The van der Waals surface area contributed by atoms with E-state index >= 15 is 0 Å². The van der Waals surface area contributed by atoms with Crippen LogP contribution in [0.5, 0.6) is 0 Å². The van der Waals surface area contributed by atoms with E-state index in [0.717, 1.165) is 24.2 Å². The maximum Gasteiger partial charge on any atom is 0.239 e. The fourth-order valence-electron chi connectivity index (χ4n) is 4.75. The number of aliphatic hydroxyl groups excluding tert-OH is 1. The van der Waals surface area contributed by atoms with Crippen LogP contribution < -0.4 is 10.6 Å². The number of hydrogen-bond donors (Lipinski definition) is 3. The van der Waals surface area contributed by atoms with Crippen molar-refractivity contribution in [2.24, 2.45) is 5.92 Å². The zero-order chi connectivity index (χ0) is 26.1. The van der Waals surface area contributed by atoms with Crippen molar-refractivity contribution in [2.75, 3.05) is 33.2 Å². The summed E-state index contributed by atoms with van der Waals surface area (Å²) in [4.78, 5) is 34.4.